The van der Waals surface area contributed by atoms with Crippen molar-refractivity contribution in [3.63, 3.8) is 0 Å². The maximum Gasteiger partial charge on any atom is 0.229 e. The van der Waals surface area contributed by atoms with E-state index in [9.17, 15) is 9.18 Å². The summed E-state index contributed by atoms with van der Waals surface area (Å²) in [5.74, 6) is 0.0804. The first-order valence-corrected chi connectivity index (χ1v) is 7.96. The molecule has 2 aromatic rings. The van der Waals surface area contributed by atoms with Gasteiger partial charge in [0.1, 0.15) is 11.6 Å². The zero-order chi connectivity index (χ0) is 16.1. The fourth-order valence-electron chi connectivity index (χ4n) is 2.77. The molecule has 1 saturated heterocycles. The SMILES string of the molecule is O=C(Cc1ccc(F)cc1)Nc1ccc(N2CCCCC2)cn1. The van der Waals surface area contributed by atoms with Crippen LogP contribution in [-0.4, -0.2) is 24.0 Å². The van der Waals surface area contributed by atoms with Crippen LogP contribution < -0.4 is 10.2 Å². The second-order valence-corrected chi connectivity index (χ2v) is 5.80. The van der Waals surface area contributed by atoms with E-state index in [-0.39, 0.29) is 18.1 Å². The molecule has 1 amide bonds. The second kappa shape index (κ2) is 7.22. The largest absolute Gasteiger partial charge is 0.370 e. The molecule has 2 heterocycles. The van der Waals surface area contributed by atoms with E-state index in [2.05, 4.69) is 15.2 Å². The van der Waals surface area contributed by atoms with E-state index < -0.39 is 0 Å². The highest BCUT2D eigenvalue weighted by Crippen LogP contribution is 2.20. The lowest BCUT2D eigenvalue weighted by Gasteiger charge is -2.28. The van der Waals surface area contributed by atoms with Gasteiger partial charge in [-0.15, -0.1) is 0 Å². The lowest BCUT2D eigenvalue weighted by molar-refractivity contribution is -0.115. The van der Waals surface area contributed by atoms with Gasteiger partial charge in [0.05, 0.1) is 18.3 Å². The molecule has 4 nitrogen and oxygen atoms in total. The predicted molar refractivity (Wildman–Crippen MR) is 89.0 cm³/mol. The minimum atomic E-state index is -0.302. The third kappa shape index (κ3) is 4.28. The summed E-state index contributed by atoms with van der Waals surface area (Å²) in [7, 11) is 0. The number of amides is 1. The van der Waals surface area contributed by atoms with Gasteiger partial charge in [0.25, 0.3) is 0 Å². The van der Waals surface area contributed by atoms with E-state index in [0.29, 0.717) is 5.82 Å². The van der Waals surface area contributed by atoms with E-state index in [1.165, 1.54) is 31.4 Å². The summed E-state index contributed by atoms with van der Waals surface area (Å²) in [5, 5.41) is 2.77. The van der Waals surface area contributed by atoms with E-state index in [1.807, 2.05) is 12.1 Å². The standard InChI is InChI=1S/C18H20FN3O/c19-15-6-4-14(5-7-15)12-18(23)21-17-9-8-16(13-20-17)22-10-2-1-3-11-22/h4-9,13H,1-3,10-12H2,(H,20,21,23). The van der Waals surface area contributed by atoms with Crippen molar-refractivity contribution >= 4 is 17.4 Å². The average molecular weight is 313 g/mol. The van der Waals surface area contributed by atoms with Crippen molar-refractivity contribution < 1.29 is 9.18 Å². The van der Waals surface area contributed by atoms with E-state index in [0.717, 1.165) is 24.3 Å². The molecular formula is C18H20FN3O. The van der Waals surface area contributed by atoms with Crippen LogP contribution >= 0.6 is 0 Å². The van der Waals surface area contributed by atoms with Crippen LogP contribution in [0.1, 0.15) is 24.8 Å². The molecular weight excluding hydrogens is 293 g/mol. The number of hydrogen-bond donors (Lipinski definition) is 1. The molecule has 1 N–H and O–H groups in total. The smallest absolute Gasteiger partial charge is 0.229 e. The first-order valence-electron chi connectivity index (χ1n) is 7.96. The molecule has 1 aromatic carbocycles. The van der Waals surface area contributed by atoms with Crippen molar-refractivity contribution in [3.8, 4) is 0 Å². The number of piperidine rings is 1. The van der Waals surface area contributed by atoms with Crippen LogP contribution in [0.4, 0.5) is 15.9 Å². The summed E-state index contributed by atoms with van der Waals surface area (Å²) >= 11 is 0. The number of carbonyl (C=O) groups is 1. The van der Waals surface area contributed by atoms with Crippen molar-refractivity contribution in [1.82, 2.24) is 4.98 Å². The summed E-state index contributed by atoms with van der Waals surface area (Å²) in [6, 6.07) is 9.75. The molecule has 1 aliphatic rings. The van der Waals surface area contributed by atoms with Crippen LogP contribution in [0.15, 0.2) is 42.6 Å². The molecule has 3 rings (SSSR count). The molecule has 120 valence electrons. The van der Waals surface area contributed by atoms with Gasteiger partial charge in [-0.3, -0.25) is 4.79 Å². The van der Waals surface area contributed by atoms with Gasteiger partial charge < -0.3 is 10.2 Å². The van der Waals surface area contributed by atoms with Gasteiger partial charge in [-0.05, 0) is 49.1 Å². The van der Waals surface area contributed by atoms with Crippen LogP contribution in [-0.2, 0) is 11.2 Å². The number of hydrogen-bond acceptors (Lipinski definition) is 3. The highest BCUT2D eigenvalue weighted by atomic mass is 19.1. The molecule has 1 fully saturated rings. The fraction of sp³-hybridized carbons (Fsp3) is 0.333. The first-order chi connectivity index (χ1) is 11.2. The van der Waals surface area contributed by atoms with Gasteiger partial charge in [0.15, 0.2) is 0 Å². The van der Waals surface area contributed by atoms with Crippen LogP contribution in [0.3, 0.4) is 0 Å². The molecule has 0 spiro atoms. The quantitative estimate of drug-likeness (QED) is 0.941. The zero-order valence-corrected chi connectivity index (χ0v) is 13.0. The number of aromatic nitrogens is 1. The molecule has 0 bridgehead atoms. The van der Waals surface area contributed by atoms with Crippen LogP contribution in [0.25, 0.3) is 0 Å². The minimum Gasteiger partial charge on any atom is -0.370 e. The fourth-order valence-corrected chi connectivity index (χ4v) is 2.77. The number of nitrogens with zero attached hydrogens (tertiary/aromatic N) is 2. The number of anilines is 2. The maximum absolute atomic E-state index is 12.8. The Balaban J connectivity index is 1.57. The monoisotopic (exact) mass is 313 g/mol. The number of benzene rings is 1. The van der Waals surface area contributed by atoms with Gasteiger partial charge in [-0.25, -0.2) is 9.37 Å². The first kappa shape index (κ1) is 15.5. The van der Waals surface area contributed by atoms with Crippen molar-refractivity contribution in [3.05, 3.63) is 54.0 Å². The molecule has 0 unspecified atom stereocenters. The second-order valence-electron chi connectivity index (χ2n) is 5.80. The third-order valence-corrected chi connectivity index (χ3v) is 4.01. The predicted octanol–water partition coefficient (Wildman–Crippen LogP) is 3.39. The summed E-state index contributed by atoms with van der Waals surface area (Å²) in [4.78, 5) is 18.6. The molecule has 0 radical (unpaired) electrons. The summed E-state index contributed by atoms with van der Waals surface area (Å²) in [6.07, 6.45) is 5.74. The highest BCUT2D eigenvalue weighted by Gasteiger charge is 2.11. The summed E-state index contributed by atoms with van der Waals surface area (Å²) < 4.78 is 12.8. The Kier molecular flexibility index (Phi) is 4.86. The molecule has 5 heteroatoms. The Morgan fingerprint density at radius 1 is 1.09 bits per heavy atom. The highest BCUT2D eigenvalue weighted by molar-refractivity contribution is 5.91. The molecule has 1 aromatic heterocycles. The van der Waals surface area contributed by atoms with Gasteiger partial charge >= 0.3 is 0 Å². The van der Waals surface area contributed by atoms with Crippen LogP contribution in [0.5, 0.6) is 0 Å². The van der Waals surface area contributed by atoms with Gasteiger partial charge in [-0.1, -0.05) is 12.1 Å². The number of pyridine rings is 1. The maximum atomic E-state index is 12.8. The van der Waals surface area contributed by atoms with E-state index >= 15 is 0 Å². The molecule has 0 aliphatic carbocycles. The molecule has 23 heavy (non-hydrogen) atoms. The minimum absolute atomic E-state index is 0.158. The Bertz CT molecular complexity index is 649. The van der Waals surface area contributed by atoms with Crippen LogP contribution in [0, 0.1) is 5.82 Å². The normalized spacial score (nSPS) is 14.6. The Morgan fingerprint density at radius 3 is 2.48 bits per heavy atom. The van der Waals surface area contributed by atoms with Gasteiger partial charge in [0, 0.05) is 13.1 Å². The lowest BCUT2D eigenvalue weighted by Crippen LogP contribution is -2.29. The average Bonchev–Trinajstić information content (AvgIpc) is 2.58. The van der Waals surface area contributed by atoms with E-state index in [4.69, 9.17) is 0 Å². The Hall–Kier alpha value is -2.43. The van der Waals surface area contributed by atoms with Crippen molar-refractivity contribution in [2.75, 3.05) is 23.3 Å². The number of carbonyl (C=O) groups excluding carboxylic acids is 1. The summed E-state index contributed by atoms with van der Waals surface area (Å²) in [6.45, 7) is 2.13. The lowest BCUT2D eigenvalue weighted by atomic mass is 10.1. The molecule has 1 aliphatic heterocycles. The Morgan fingerprint density at radius 2 is 1.83 bits per heavy atom. The van der Waals surface area contributed by atoms with Crippen molar-refractivity contribution in [2.45, 2.75) is 25.7 Å². The Labute approximate surface area is 135 Å². The number of halogens is 1. The summed E-state index contributed by atoms with van der Waals surface area (Å²) in [5.41, 5.74) is 1.87. The van der Waals surface area contributed by atoms with Gasteiger partial charge in [0.2, 0.25) is 5.91 Å². The van der Waals surface area contributed by atoms with Crippen molar-refractivity contribution in [1.29, 1.82) is 0 Å². The van der Waals surface area contributed by atoms with Crippen molar-refractivity contribution in [2.24, 2.45) is 0 Å². The van der Waals surface area contributed by atoms with E-state index in [1.54, 1.807) is 18.3 Å². The number of nitrogens with one attached hydrogen (secondary N) is 1. The molecule has 0 atom stereocenters. The zero-order valence-electron chi connectivity index (χ0n) is 13.0. The molecule has 0 saturated carbocycles. The third-order valence-electron chi connectivity index (χ3n) is 4.01. The van der Waals surface area contributed by atoms with Crippen LogP contribution in [0.2, 0.25) is 0 Å². The number of rotatable bonds is 4. The topological polar surface area (TPSA) is 45.2 Å². The van der Waals surface area contributed by atoms with Gasteiger partial charge in [-0.2, -0.15) is 0 Å².